The molecule has 8 nitrogen and oxygen atoms in total. The minimum absolute atomic E-state index is 0.0684. The molecule has 2 aromatic heterocycles. The molecular weight excluding hydrogens is 513 g/mol. The standard InChI is InChI=1S/C25H26N6O2S3/c32-21(14-34-24-29-23(30-31-24)16-7-3-1-4-8-16)27-18-11-12-19-20(13-18)36-25(28-19)35-15-22(33)26-17-9-5-2-6-10-17/h1,3-4,7-8,11-13,17H,2,5-6,9-10,14-15H2,(H,26,33)(H,27,32)(H,29,30,31). The van der Waals surface area contributed by atoms with Gasteiger partial charge in [-0.2, -0.15) is 0 Å². The van der Waals surface area contributed by atoms with E-state index in [0.29, 0.717) is 28.5 Å². The molecule has 2 amide bonds. The SMILES string of the molecule is O=C(CSc1n[nH]c(-c2ccccc2)n1)Nc1ccc2nc(SCC(=O)NC3CCCCC3)sc2c1. The summed E-state index contributed by atoms with van der Waals surface area (Å²) < 4.78 is 1.82. The van der Waals surface area contributed by atoms with Gasteiger partial charge in [-0.25, -0.2) is 9.97 Å². The molecule has 0 saturated heterocycles. The Kier molecular flexibility index (Phi) is 8.19. The summed E-state index contributed by atoms with van der Waals surface area (Å²) in [5, 5.41) is 13.7. The normalized spacial score (nSPS) is 14.1. The minimum Gasteiger partial charge on any atom is -0.353 e. The van der Waals surface area contributed by atoms with Crippen LogP contribution in [-0.4, -0.2) is 49.5 Å². The lowest BCUT2D eigenvalue weighted by atomic mass is 9.95. The van der Waals surface area contributed by atoms with E-state index >= 15 is 0 Å². The van der Waals surface area contributed by atoms with Crippen LogP contribution in [0.1, 0.15) is 32.1 Å². The minimum atomic E-state index is -0.135. The molecular formula is C25H26N6O2S3. The van der Waals surface area contributed by atoms with Crippen LogP contribution in [0.25, 0.3) is 21.6 Å². The molecule has 1 saturated carbocycles. The molecule has 5 rings (SSSR count). The van der Waals surface area contributed by atoms with Gasteiger partial charge in [0.15, 0.2) is 10.2 Å². The van der Waals surface area contributed by atoms with Crippen LogP contribution >= 0.6 is 34.9 Å². The molecule has 0 atom stereocenters. The highest BCUT2D eigenvalue weighted by molar-refractivity contribution is 8.01. The average Bonchev–Trinajstić information content (AvgIpc) is 3.54. The van der Waals surface area contributed by atoms with Crippen LogP contribution < -0.4 is 10.6 Å². The Bertz CT molecular complexity index is 1330. The predicted molar refractivity (Wildman–Crippen MR) is 147 cm³/mol. The van der Waals surface area contributed by atoms with Crippen molar-refractivity contribution in [2.75, 3.05) is 16.8 Å². The fraction of sp³-hybridized carbons (Fsp3) is 0.320. The number of rotatable bonds is 9. The maximum atomic E-state index is 12.5. The molecule has 0 radical (unpaired) electrons. The van der Waals surface area contributed by atoms with Crippen molar-refractivity contribution >= 4 is 62.6 Å². The lowest BCUT2D eigenvalue weighted by Crippen LogP contribution is -2.37. The summed E-state index contributed by atoms with van der Waals surface area (Å²) in [6.45, 7) is 0. The molecule has 2 heterocycles. The topological polar surface area (TPSA) is 113 Å². The first kappa shape index (κ1) is 24.8. The number of thioether (sulfide) groups is 2. The van der Waals surface area contributed by atoms with E-state index in [-0.39, 0.29) is 17.6 Å². The highest BCUT2D eigenvalue weighted by Gasteiger charge is 2.16. The third-order valence-electron chi connectivity index (χ3n) is 5.79. The third kappa shape index (κ3) is 6.65. The number of aromatic amines is 1. The van der Waals surface area contributed by atoms with Crippen LogP contribution in [0.5, 0.6) is 0 Å². The molecule has 0 spiro atoms. The van der Waals surface area contributed by atoms with E-state index in [1.165, 1.54) is 54.1 Å². The fourth-order valence-corrected chi connectivity index (χ4v) is 6.57. The van der Waals surface area contributed by atoms with Crippen molar-refractivity contribution in [1.82, 2.24) is 25.5 Å². The van der Waals surface area contributed by atoms with Gasteiger partial charge in [-0.3, -0.25) is 14.7 Å². The summed E-state index contributed by atoms with van der Waals surface area (Å²) in [4.78, 5) is 33.8. The lowest BCUT2D eigenvalue weighted by Gasteiger charge is -2.22. The van der Waals surface area contributed by atoms with E-state index in [2.05, 4.69) is 30.8 Å². The Morgan fingerprint density at radius 2 is 1.78 bits per heavy atom. The summed E-state index contributed by atoms with van der Waals surface area (Å²) in [5.74, 6) is 1.17. The quantitative estimate of drug-likeness (QED) is 0.246. The first-order valence-corrected chi connectivity index (χ1v) is 14.6. The molecule has 1 aliphatic carbocycles. The number of H-pyrrole nitrogens is 1. The first-order chi connectivity index (χ1) is 17.6. The molecule has 1 aliphatic rings. The van der Waals surface area contributed by atoms with Crippen LogP contribution in [0.3, 0.4) is 0 Å². The second-order valence-electron chi connectivity index (χ2n) is 8.52. The van der Waals surface area contributed by atoms with E-state index in [9.17, 15) is 9.59 Å². The van der Waals surface area contributed by atoms with Crippen molar-refractivity contribution in [1.29, 1.82) is 0 Å². The van der Waals surface area contributed by atoms with Gasteiger partial charge in [-0.15, -0.1) is 16.4 Å². The molecule has 0 bridgehead atoms. The highest BCUT2D eigenvalue weighted by Crippen LogP contribution is 2.31. The van der Waals surface area contributed by atoms with Crippen molar-refractivity contribution in [3.05, 3.63) is 48.5 Å². The molecule has 3 N–H and O–H groups in total. The van der Waals surface area contributed by atoms with Crippen molar-refractivity contribution in [3.63, 3.8) is 0 Å². The van der Waals surface area contributed by atoms with Gasteiger partial charge in [0.05, 0.1) is 21.7 Å². The number of hydrogen-bond donors (Lipinski definition) is 3. The number of aromatic nitrogens is 4. The molecule has 0 aliphatic heterocycles. The maximum absolute atomic E-state index is 12.5. The highest BCUT2D eigenvalue weighted by atomic mass is 32.2. The van der Waals surface area contributed by atoms with Crippen LogP contribution in [0.4, 0.5) is 5.69 Å². The van der Waals surface area contributed by atoms with E-state index in [0.717, 1.165) is 33.0 Å². The van der Waals surface area contributed by atoms with Crippen molar-refractivity contribution in [2.45, 2.75) is 47.6 Å². The summed E-state index contributed by atoms with van der Waals surface area (Å²) in [5.41, 5.74) is 2.52. The summed E-state index contributed by atoms with van der Waals surface area (Å²) >= 11 is 4.26. The third-order valence-corrected chi connectivity index (χ3v) is 8.80. The molecule has 0 unspecified atom stereocenters. The molecule has 11 heteroatoms. The van der Waals surface area contributed by atoms with Crippen LogP contribution in [0.15, 0.2) is 58.0 Å². The van der Waals surface area contributed by atoms with Gasteiger partial charge in [0, 0.05) is 17.3 Å². The number of carbonyl (C=O) groups is 2. The van der Waals surface area contributed by atoms with Crippen LogP contribution in [0, 0.1) is 0 Å². The predicted octanol–water partition coefficient (Wildman–Crippen LogP) is 5.35. The number of thiazole rings is 1. The zero-order chi connectivity index (χ0) is 24.7. The van der Waals surface area contributed by atoms with E-state index in [4.69, 9.17) is 0 Å². The van der Waals surface area contributed by atoms with E-state index in [1.54, 1.807) is 0 Å². The van der Waals surface area contributed by atoms with Gasteiger partial charge < -0.3 is 10.6 Å². The summed E-state index contributed by atoms with van der Waals surface area (Å²) in [6, 6.07) is 15.7. The first-order valence-electron chi connectivity index (χ1n) is 11.9. The van der Waals surface area contributed by atoms with Crippen molar-refractivity contribution in [2.24, 2.45) is 0 Å². The van der Waals surface area contributed by atoms with Gasteiger partial charge in [0.25, 0.3) is 0 Å². The van der Waals surface area contributed by atoms with Crippen LogP contribution in [-0.2, 0) is 9.59 Å². The Balaban J connectivity index is 1.11. The maximum Gasteiger partial charge on any atom is 0.234 e. The van der Waals surface area contributed by atoms with E-state index < -0.39 is 0 Å². The second kappa shape index (κ2) is 11.9. The Morgan fingerprint density at radius 1 is 0.972 bits per heavy atom. The van der Waals surface area contributed by atoms with Gasteiger partial charge in [0.2, 0.25) is 17.0 Å². The second-order valence-corrected chi connectivity index (χ2v) is 11.7. The number of benzene rings is 2. The van der Waals surface area contributed by atoms with E-state index in [1.807, 2.05) is 48.5 Å². The number of nitrogens with zero attached hydrogens (tertiary/aromatic N) is 3. The fourth-order valence-electron chi connectivity index (χ4n) is 4.05. The number of hydrogen-bond acceptors (Lipinski definition) is 8. The molecule has 2 aromatic carbocycles. The molecule has 36 heavy (non-hydrogen) atoms. The van der Waals surface area contributed by atoms with Gasteiger partial charge in [-0.05, 0) is 31.0 Å². The molecule has 186 valence electrons. The Hall–Kier alpha value is -2.89. The number of anilines is 1. The zero-order valence-corrected chi connectivity index (χ0v) is 22.0. The van der Waals surface area contributed by atoms with Crippen molar-refractivity contribution < 1.29 is 9.59 Å². The Labute approximate surface area is 221 Å². The molecule has 4 aromatic rings. The monoisotopic (exact) mass is 538 g/mol. The zero-order valence-electron chi connectivity index (χ0n) is 19.5. The van der Waals surface area contributed by atoms with Gasteiger partial charge in [0.1, 0.15) is 0 Å². The summed E-state index contributed by atoms with van der Waals surface area (Å²) in [7, 11) is 0. The smallest absolute Gasteiger partial charge is 0.234 e. The Morgan fingerprint density at radius 3 is 2.61 bits per heavy atom. The lowest BCUT2D eigenvalue weighted by molar-refractivity contribution is -0.119. The molecule has 1 fully saturated rings. The van der Waals surface area contributed by atoms with Crippen molar-refractivity contribution in [3.8, 4) is 11.4 Å². The average molecular weight is 539 g/mol. The van der Waals surface area contributed by atoms with Crippen LogP contribution in [0.2, 0.25) is 0 Å². The number of amides is 2. The number of fused-ring (bicyclic) bond motifs is 1. The number of nitrogens with one attached hydrogen (secondary N) is 3. The van der Waals surface area contributed by atoms with Gasteiger partial charge >= 0.3 is 0 Å². The van der Waals surface area contributed by atoms with Gasteiger partial charge in [-0.1, -0.05) is 73.1 Å². The largest absolute Gasteiger partial charge is 0.353 e. The summed E-state index contributed by atoms with van der Waals surface area (Å²) in [6.07, 6.45) is 5.82. The number of carbonyl (C=O) groups excluding carboxylic acids is 2.